The second kappa shape index (κ2) is 10.2. The molecule has 4 amide bonds. The van der Waals surface area contributed by atoms with Crippen molar-refractivity contribution in [1.29, 1.82) is 0 Å². The number of hydrogen-bond donors (Lipinski definition) is 2. The zero-order valence-electron chi connectivity index (χ0n) is 17.7. The number of amides is 4. The van der Waals surface area contributed by atoms with Gasteiger partial charge < -0.3 is 15.5 Å². The third-order valence-corrected chi connectivity index (χ3v) is 5.32. The molecular formula is C23H30N4O3. The lowest BCUT2D eigenvalue weighted by Crippen LogP contribution is -2.41. The van der Waals surface area contributed by atoms with Crippen LogP contribution in [-0.2, 0) is 0 Å². The van der Waals surface area contributed by atoms with Crippen LogP contribution in [0.1, 0.15) is 46.9 Å². The molecule has 0 bridgehead atoms. The number of carbonyl (C=O) groups excluding carboxylic acids is 3. The second-order valence-electron chi connectivity index (χ2n) is 7.66. The summed E-state index contributed by atoms with van der Waals surface area (Å²) in [5.74, 6) is -0.427. The van der Waals surface area contributed by atoms with Gasteiger partial charge >= 0.3 is 6.03 Å². The normalized spacial score (nSPS) is 13.2. The van der Waals surface area contributed by atoms with Crippen molar-refractivity contribution in [3.05, 3.63) is 47.5 Å². The van der Waals surface area contributed by atoms with E-state index in [4.69, 9.17) is 0 Å². The minimum absolute atomic E-state index is 0.128. The molecule has 2 aromatic carbocycles. The molecular weight excluding hydrogens is 380 g/mol. The van der Waals surface area contributed by atoms with E-state index in [0.717, 1.165) is 36.7 Å². The molecule has 0 aliphatic carbocycles. The fourth-order valence-electron chi connectivity index (χ4n) is 3.75. The van der Waals surface area contributed by atoms with E-state index in [9.17, 15) is 14.4 Å². The molecule has 1 aliphatic rings. The number of nitrogens with one attached hydrogen (secondary N) is 2. The van der Waals surface area contributed by atoms with E-state index in [1.54, 1.807) is 12.1 Å². The fourth-order valence-corrected chi connectivity index (χ4v) is 3.75. The molecule has 7 nitrogen and oxygen atoms in total. The predicted octanol–water partition coefficient (Wildman–Crippen LogP) is 2.86. The van der Waals surface area contributed by atoms with Gasteiger partial charge in [-0.25, -0.2) is 4.79 Å². The Labute approximate surface area is 177 Å². The first kappa shape index (κ1) is 21.8. The van der Waals surface area contributed by atoms with E-state index in [-0.39, 0.29) is 17.8 Å². The monoisotopic (exact) mass is 410 g/mol. The average Bonchev–Trinajstić information content (AvgIpc) is 2.75. The molecule has 0 unspecified atom stereocenters. The summed E-state index contributed by atoms with van der Waals surface area (Å²) in [7, 11) is 2.01. The molecule has 0 fully saturated rings. The lowest BCUT2D eigenvalue weighted by atomic mass is 9.94. The average molecular weight is 411 g/mol. The highest BCUT2D eigenvalue weighted by atomic mass is 16.2. The molecule has 7 heteroatoms. The van der Waals surface area contributed by atoms with Crippen molar-refractivity contribution in [1.82, 2.24) is 20.4 Å². The molecule has 1 heterocycles. The Morgan fingerprint density at radius 2 is 1.53 bits per heavy atom. The molecule has 1 aliphatic heterocycles. The molecule has 160 valence electrons. The van der Waals surface area contributed by atoms with Crippen LogP contribution in [0.3, 0.4) is 0 Å². The van der Waals surface area contributed by atoms with Gasteiger partial charge in [-0.2, -0.15) is 0 Å². The van der Waals surface area contributed by atoms with Crippen molar-refractivity contribution in [2.45, 2.75) is 26.2 Å². The van der Waals surface area contributed by atoms with Gasteiger partial charge in [-0.1, -0.05) is 31.2 Å². The molecule has 3 rings (SSSR count). The highest BCUT2D eigenvalue weighted by Crippen LogP contribution is 2.29. The van der Waals surface area contributed by atoms with Gasteiger partial charge in [-0.05, 0) is 56.9 Å². The maximum absolute atomic E-state index is 12.9. The van der Waals surface area contributed by atoms with E-state index in [1.165, 1.54) is 4.90 Å². The van der Waals surface area contributed by atoms with Crippen LogP contribution in [0.5, 0.6) is 0 Å². The molecule has 30 heavy (non-hydrogen) atoms. The molecule has 0 atom stereocenters. The molecule has 2 N–H and O–H groups in total. The summed E-state index contributed by atoms with van der Waals surface area (Å²) < 4.78 is 0. The first-order chi connectivity index (χ1) is 14.5. The number of benzene rings is 2. The van der Waals surface area contributed by atoms with Crippen molar-refractivity contribution >= 4 is 28.6 Å². The Bertz CT molecular complexity index is 877. The van der Waals surface area contributed by atoms with Gasteiger partial charge in [0, 0.05) is 36.1 Å². The Balaban J connectivity index is 1.46. The van der Waals surface area contributed by atoms with Crippen LogP contribution in [0.25, 0.3) is 10.8 Å². The van der Waals surface area contributed by atoms with Gasteiger partial charge in [0.2, 0.25) is 0 Å². The molecule has 0 radical (unpaired) electrons. The Morgan fingerprint density at radius 1 is 0.933 bits per heavy atom. The minimum atomic E-state index is -0.214. The van der Waals surface area contributed by atoms with Crippen molar-refractivity contribution in [2.24, 2.45) is 0 Å². The molecule has 0 spiro atoms. The lowest BCUT2D eigenvalue weighted by Gasteiger charge is -2.28. The maximum Gasteiger partial charge on any atom is 0.314 e. The topological polar surface area (TPSA) is 81.8 Å². The van der Waals surface area contributed by atoms with Gasteiger partial charge in [0.1, 0.15) is 0 Å². The van der Waals surface area contributed by atoms with Crippen LogP contribution < -0.4 is 10.6 Å². The van der Waals surface area contributed by atoms with Gasteiger partial charge in [-0.15, -0.1) is 0 Å². The zero-order valence-corrected chi connectivity index (χ0v) is 17.7. The molecule has 0 aromatic heterocycles. The highest BCUT2D eigenvalue weighted by Gasteiger charge is 2.32. The van der Waals surface area contributed by atoms with Gasteiger partial charge in [0.25, 0.3) is 11.8 Å². The Hall–Kier alpha value is -2.93. The van der Waals surface area contributed by atoms with E-state index < -0.39 is 0 Å². The van der Waals surface area contributed by atoms with E-state index in [1.807, 2.05) is 38.2 Å². The van der Waals surface area contributed by atoms with Gasteiger partial charge in [0.05, 0.1) is 0 Å². The van der Waals surface area contributed by atoms with Crippen LogP contribution in [0.15, 0.2) is 36.4 Å². The summed E-state index contributed by atoms with van der Waals surface area (Å²) >= 11 is 0. The van der Waals surface area contributed by atoms with Crippen LogP contribution in [-0.4, -0.2) is 67.4 Å². The minimum Gasteiger partial charge on any atom is -0.338 e. The summed E-state index contributed by atoms with van der Waals surface area (Å²) in [6.07, 6.45) is 2.46. The fraction of sp³-hybridized carbons (Fsp3) is 0.435. The third kappa shape index (κ3) is 4.97. The summed E-state index contributed by atoms with van der Waals surface area (Å²) in [5.41, 5.74) is 1.20. The molecule has 0 saturated heterocycles. The van der Waals surface area contributed by atoms with E-state index in [2.05, 4.69) is 15.5 Å². The smallest absolute Gasteiger partial charge is 0.314 e. The van der Waals surface area contributed by atoms with E-state index >= 15 is 0 Å². The standard InChI is InChI=1S/C23H30N4O3/c1-3-12-24-23(30)25-13-6-14-26(2)15-7-16-27-21(28)18-10-4-8-17-9-5-11-19(20(17)18)22(27)29/h4-5,8-11H,3,6-7,12-16H2,1-2H3,(H2,24,25,30). The number of nitrogens with zero attached hydrogens (tertiary/aromatic N) is 2. The van der Waals surface area contributed by atoms with Gasteiger partial charge in [0.15, 0.2) is 0 Å². The van der Waals surface area contributed by atoms with Crippen molar-refractivity contribution in [2.75, 3.05) is 39.8 Å². The van der Waals surface area contributed by atoms with Crippen molar-refractivity contribution in [3.8, 4) is 0 Å². The second-order valence-corrected chi connectivity index (χ2v) is 7.66. The molecule has 0 saturated carbocycles. The summed E-state index contributed by atoms with van der Waals surface area (Å²) in [6, 6.07) is 11.0. The van der Waals surface area contributed by atoms with E-state index in [0.29, 0.717) is 37.2 Å². The first-order valence-electron chi connectivity index (χ1n) is 10.6. The summed E-state index contributed by atoms with van der Waals surface area (Å²) in [4.78, 5) is 40.8. The number of carbonyl (C=O) groups is 3. The van der Waals surface area contributed by atoms with Crippen LogP contribution in [0.2, 0.25) is 0 Å². The number of hydrogen-bond acceptors (Lipinski definition) is 4. The highest BCUT2D eigenvalue weighted by molar-refractivity contribution is 6.25. The molecule has 2 aromatic rings. The van der Waals surface area contributed by atoms with Gasteiger partial charge in [-0.3, -0.25) is 14.5 Å². The van der Waals surface area contributed by atoms with Crippen LogP contribution in [0, 0.1) is 0 Å². The van der Waals surface area contributed by atoms with Crippen LogP contribution in [0.4, 0.5) is 4.79 Å². The summed E-state index contributed by atoms with van der Waals surface area (Å²) in [5, 5.41) is 7.30. The SMILES string of the molecule is CCCNC(=O)NCCCN(C)CCCN1C(=O)c2cccc3cccc(c23)C1=O. The first-order valence-corrected chi connectivity index (χ1v) is 10.6. The Kier molecular flexibility index (Phi) is 7.41. The number of imide groups is 1. The lowest BCUT2D eigenvalue weighted by molar-refractivity contribution is 0.0605. The number of urea groups is 1. The van der Waals surface area contributed by atoms with Crippen molar-refractivity contribution in [3.63, 3.8) is 0 Å². The summed E-state index contributed by atoms with van der Waals surface area (Å²) in [6.45, 7) is 5.30. The maximum atomic E-state index is 12.9. The zero-order chi connectivity index (χ0) is 21.5. The van der Waals surface area contributed by atoms with Crippen molar-refractivity contribution < 1.29 is 14.4 Å². The quantitative estimate of drug-likeness (QED) is 0.466. The van der Waals surface area contributed by atoms with Crippen LogP contribution >= 0.6 is 0 Å². The largest absolute Gasteiger partial charge is 0.338 e. The third-order valence-electron chi connectivity index (χ3n) is 5.32. The Morgan fingerprint density at radius 3 is 2.17 bits per heavy atom. The predicted molar refractivity (Wildman–Crippen MR) is 118 cm³/mol. The number of rotatable bonds is 10.